The molecule has 0 bridgehead atoms. The van der Waals surface area contributed by atoms with Gasteiger partial charge in [-0.2, -0.15) is 0 Å². The SMILES string of the molecule is CC(C)(C)OC(=O)CC[C@]1(C(=O)NNCCc2ccccc2F)N=C(c2ccc(OCCCO)cc2)O[C@H]1c1ccccc1CN=[N+]=[N-]. The number of carbonyl (C=O) groups excluding carboxylic acids is 2. The normalized spacial score (nSPS) is 17.1. The van der Waals surface area contributed by atoms with E-state index in [2.05, 4.69) is 20.9 Å². The molecule has 1 amide bonds. The Hall–Kier alpha value is -4.97. The lowest BCUT2D eigenvalue weighted by Gasteiger charge is -2.31. The summed E-state index contributed by atoms with van der Waals surface area (Å²) in [6.07, 6.45) is -0.498. The molecule has 0 aliphatic carbocycles. The minimum absolute atomic E-state index is 0.00754. The fraction of sp³-hybridized carbons (Fsp3) is 0.400. The minimum atomic E-state index is -1.68. The second-order valence-electron chi connectivity index (χ2n) is 12.2. The van der Waals surface area contributed by atoms with Crippen LogP contribution in [0, 0.1) is 5.82 Å². The van der Waals surface area contributed by atoms with Crippen molar-refractivity contribution in [3.8, 4) is 5.75 Å². The van der Waals surface area contributed by atoms with Crippen molar-refractivity contribution in [2.75, 3.05) is 19.8 Å². The zero-order valence-corrected chi connectivity index (χ0v) is 27.3. The van der Waals surface area contributed by atoms with Crippen molar-refractivity contribution in [2.24, 2.45) is 10.1 Å². The van der Waals surface area contributed by atoms with Crippen molar-refractivity contribution in [1.82, 2.24) is 10.9 Å². The molecule has 13 heteroatoms. The van der Waals surface area contributed by atoms with Crippen molar-refractivity contribution in [2.45, 2.75) is 70.2 Å². The highest BCUT2D eigenvalue weighted by Crippen LogP contribution is 2.44. The highest BCUT2D eigenvalue weighted by Gasteiger charge is 2.54. The lowest BCUT2D eigenvalue weighted by Crippen LogP contribution is -2.53. The molecule has 3 N–H and O–H groups in total. The number of nitrogens with zero attached hydrogens (tertiary/aromatic N) is 4. The van der Waals surface area contributed by atoms with Crippen LogP contribution in [0.5, 0.6) is 5.75 Å². The first-order valence-corrected chi connectivity index (χ1v) is 15.7. The molecule has 0 aromatic heterocycles. The summed E-state index contributed by atoms with van der Waals surface area (Å²) in [7, 11) is 0. The summed E-state index contributed by atoms with van der Waals surface area (Å²) >= 11 is 0. The van der Waals surface area contributed by atoms with E-state index in [4.69, 9.17) is 29.8 Å². The Morgan fingerprint density at radius 1 is 1.08 bits per heavy atom. The minimum Gasteiger partial charge on any atom is -0.494 e. The van der Waals surface area contributed by atoms with Gasteiger partial charge in [0.25, 0.3) is 5.91 Å². The van der Waals surface area contributed by atoms with Gasteiger partial charge >= 0.3 is 5.97 Å². The van der Waals surface area contributed by atoms with Crippen LogP contribution < -0.4 is 15.6 Å². The standard InChI is InChI=1S/C35H41FN6O6/c1-34(2,3)48-30(44)17-19-35(33(45)41-38-20-18-24-9-5-7-12-29(24)36)31(28-11-6-4-10-26(28)23-39-42-37)47-32(40-35)25-13-15-27(16-14-25)46-22-8-21-43/h4-7,9-16,31,38,43H,8,17-23H2,1-3H3,(H,41,45)/t31-,35-/m0/s1. The molecule has 48 heavy (non-hydrogen) atoms. The predicted molar refractivity (Wildman–Crippen MR) is 177 cm³/mol. The molecule has 0 saturated carbocycles. The summed E-state index contributed by atoms with van der Waals surface area (Å²) in [6, 6.07) is 20.4. The maximum atomic E-state index is 14.3. The molecule has 0 unspecified atom stereocenters. The third kappa shape index (κ3) is 9.54. The van der Waals surface area contributed by atoms with E-state index in [0.717, 1.165) is 0 Å². The van der Waals surface area contributed by atoms with Crippen LogP contribution in [0.4, 0.5) is 4.39 Å². The number of aliphatic hydroxyl groups is 1. The zero-order valence-electron chi connectivity index (χ0n) is 27.3. The number of hydrogen-bond acceptors (Lipinski definition) is 9. The Balaban J connectivity index is 1.71. The van der Waals surface area contributed by atoms with Gasteiger partial charge in [-0.05, 0) is 86.2 Å². The van der Waals surface area contributed by atoms with Gasteiger partial charge < -0.3 is 19.3 Å². The lowest BCUT2D eigenvalue weighted by atomic mass is 9.82. The molecule has 3 aromatic carbocycles. The van der Waals surface area contributed by atoms with Gasteiger partial charge in [0, 0.05) is 36.5 Å². The Bertz CT molecular complexity index is 1640. The van der Waals surface area contributed by atoms with E-state index in [-0.39, 0.29) is 44.3 Å². The van der Waals surface area contributed by atoms with Gasteiger partial charge in [0.2, 0.25) is 5.90 Å². The highest BCUT2D eigenvalue weighted by atomic mass is 19.1. The number of halogens is 1. The number of benzene rings is 3. The summed E-state index contributed by atoms with van der Waals surface area (Å²) in [5, 5.41) is 12.8. The first-order valence-electron chi connectivity index (χ1n) is 15.7. The number of hydrogen-bond donors (Lipinski definition) is 3. The van der Waals surface area contributed by atoms with Crippen LogP contribution >= 0.6 is 0 Å². The molecular weight excluding hydrogens is 619 g/mol. The molecule has 3 aromatic rings. The molecule has 0 fully saturated rings. The number of rotatable bonds is 16. The molecule has 0 radical (unpaired) electrons. The molecular formula is C35H41FN6O6. The summed E-state index contributed by atoms with van der Waals surface area (Å²) in [4.78, 5) is 35.1. The first kappa shape index (κ1) is 35.9. The summed E-state index contributed by atoms with van der Waals surface area (Å²) in [5.74, 6) is -0.709. The van der Waals surface area contributed by atoms with Gasteiger partial charge in [-0.25, -0.2) is 14.8 Å². The van der Waals surface area contributed by atoms with E-state index in [1.165, 1.54) is 6.07 Å². The molecule has 254 valence electrons. The number of aliphatic hydroxyl groups excluding tert-OH is 1. The second-order valence-corrected chi connectivity index (χ2v) is 12.2. The van der Waals surface area contributed by atoms with Gasteiger partial charge in [0.1, 0.15) is 17.2 Å². The number of carbonyl (C=O) groups is 2. The molecule has 1 aliphatic heterocycles. The number of amides is 1. The molecule has 0 saturated heterocycles. The van der Waals surface area contributed by atoms with E-state index >= 15 is 0 Å². The maximum Gasteiger partial charge on any atom is 0.306 e. The largest absolute Gasteiger partial charge is 0.494 e. The van der Waals surface area contributed by atoms with Crippen LogP contribution in [0.1, 0.15) is 68.4 Å². The molecule has 12 nitrogen and oxygen atoms in total. The molecule has 1 aliphatic rings. The number of nitrogens with one attached hydrogen (secondary N) is 2. The fourth-order valence-electron chi connectivity index (χ4n) is 5.22. The Morgan fingerprint density at radius 2 is 1.79 bits per heavy atom. The maximum absolute atomic E-state index is 14.3. The summed E-state index contributed by atoms with van der Waals surface area (Å²) in [5.41, 5.74) is 14.4. The van der Waals surface area contributed by atoms with Gasteiger partial charge in [-0.15, -0.1) is 0 Å². The van der Waals surface area contributed by atoms with Crippen molar-refractivity contribution in [3.05, 3.63) is 111 Å². The molecule has 0 spiro atoms. The Labute approximate surface area is 278 Å². The molecule has 1 heterocycles. The van der Waals surface area contributed by atoms with E-state index in [9.17, 15) is 14.0 Å². The predicted octanol–water partition coefficient (Wildman–Crippen LogP) is 5.64. The van der Waals surface area contributed by atoms with E-state index < -0.39 is 29.1 Å². The Morgan fingerprint density at radius 3 is 2.48 bits per heavy atom. The van der Waals surface area contributed by atoms with Gasteiger partial charge in [-0.3, -0.25) is 15.0 Å². The van der Waals surface area contributed by atoms with Crippen molar-refractivity contribution >= 4 is 17.8 Å². The van der Waals surface area contributed by atoms with Crippen LogP contribution in [-0.2, 0) is 32.0 Å². The smallest absolute Gasteiger partial charge is 0.306 e. The third-order valence-electron chi connectivity index (χ3n) is 7.48. The quantitative estimate of drug-likeness (QED) is 0.0446. The van der Waals surface area contributed by atoms with Crippen molar-refractivity contribution in [3.63, 3.8) is 0 Å². The number of hydrazine groups is 1. The Kier molecular flexibility index (Phi) is 12.5. The van der Waals surface area contributed by atoms with Crippen LogP contribution in [0.2, 0.25) is 0 Å². The molecule has 2 atom stereocenters. The highest BCUT2D eigenvalue weighted by molar-refractivity contribution is 6.01. The summed E-state index contributed by atoms with van der Waals surface area (Å²) in [6.45, 7) is 5.83. The number of aliphatic imine (C=N–C) groups is 1. The van der Waals surface area contributed by atoms with Gasteiger partial charge in [-0.1, -0.05) is 47.6 Å². The average molecular weight is 661 g/mol. The second kappa shape index (κ2) is 16.7. The average Bonchev–Trinajstić information content (AvgIpc) is 3.46. The van der Waals surface area contributed by atoms with Crippen LogP contribution in [0.25, 0.3) is 10.4 Å². The third-order valence-corrected chi connectivity index (χ3v) is 7.48. The first-order chi connectivity index (χ1) is 23.1. The van der Waals surface area contributed by atoms with Crippen LogP contribution in [0.3, 0.4) is 0 Å². The van der Waals surface area contributed by atoms with E-state index in [1.807, 2.05) is 0 Å². The lowest BCUT2D eigenvalue weighted by molar-refractivity contribution is -0.155. The van der Waals surface area contributed by atoms with Gasteiger partial charge in [0.15, 0.2) is 11.6 Å². The molecule has 4 rings (SSSR count). The fourth-order valence-corrected chi connectivity index (χ4v) is 5.22. The zero-order chi connectivity index (χ0) is 34.6. The van der Waals surface area contributed by atoms with Gasteiger partial charge in [0.05, 0.1) is 13.2 Å². The summed E-state index contributed by atoms with van der Waals surface area (Å²) < 4.78 is 31.9. The van der Waals surface area contributed by atoms with Crippen LogP contribution in [-0.4, -0.2) is 53.8 Å². The van der Waals surface area contributed by atoms with Crippen molar-refractivity contribution < 1.29 is 33.3 Å². The van der Waals surface area contributed by atoms with Crippen molar-refractivity contribution in [1.29, 1.82) is 0 Å². The van der Waals surface area contributed by atoms with Crippen LogP contribution in [0.15, 0.2) is 82.9 Å². The monoisotopic (exact) mass is 660 g/mol. The topological polar surface area (TPSA) is 167 Å². The number of esters is 1. The van der Waals surface area contributed by atoms with E-state index in [1.54, 1.807) is 87.5 Å². The van der Waals surface area contributed by atoms with E-state index in [0.29, 0.717) is 47.5 Å². The number of ether oxygens (including phenoxy) is 3. The number of azide groups is 1.